The van der Waals surface area contributed by atoms with Gasteiger partial charge in [0, 0.05) is 0 Å². The molecule has 0 aliphatic carbocycles. The lowest BCUT2D eigenvalue weighted by Gasteiger charge is -2.08. The van der Waals surface area contributed by atoms with Crippen LogP contribution in [0.3, 0.4) is 0 Å². The number of methoxy groups -OCH3 is 1. The number of benzene rings is 1. The number of H-pyrrole nitrogens is 1. The van der Waals surface area contributed by atoms with E-state index in [2.05, 4.69) is 9.97 Å². The summed E-state index contributed by atoms with van der Waals surface area (Å²) < 4.78 is 42.6. The summed E-state index contributed by atoms with van der Waals surface area (Å²) in [5, 5.41) is 0. The molecule has 7 heteroatoms. The molecule has 2 rings (SSSR count). The zero-order chi connectivity index (χ0) is 12.6. The number of rotatable bonds is 1. The number of aromatic nitrogens is 2. The quantitative estimate of drug-likeness (QED) is 0.799. The third-order valence-electron chi connectivity index (χ3n) is 2.18. The van der Waals surface area contributed by atoms with Crippen LogP contribution in [-0.4, -0.2) is 17.1 Å². The molecule has 1 heterocycles. The first-order chi connectivity index (χ1) is 7.91. The van der Waals surface area contributed by atoms with Crippen LogP contribution in [0.25, 0.3) is 11.0 Å². The molecule has 0 radical (unpaired) electrons. The normalized spacial score (nSPS) is 11.8. The van der Waals surface area contributed by atoms with Crippen molar-refractivity contribution in [3.63, 3.8) is 0 Å². The molecule has 17 heavy (non-hydrogen) atoms. The minimum absolute atomic E-state index is 0.104. The van der Waals surface area contributed by atoms with E-state index in [1.165, 1.54) is 13.2 Å². The van der Waals surface area contributed by atoms with E-state index in [0.717, 1.165) is 12.1 Å². The SMILES string of the molecule is COc1nc2cc(C(F)(F)F)ccc2[nH]c1=S. The third-order valence-corrected chi connectivity index (χ3v) is 2.46. The van der Waals surface area contributed by atoms with Gasteiger partial charge in [-0.25, -0.2) is 4.98 Å². The highest BCUT2D eigenvalue weighted by molar-refractivity contribution is 7.71. The van der Waals surface area contributed by atoms with Crippen molar-refractivity contribution in [2.75, 3.05) is 7.11 Å². The van der Waals surface area contributed by atoms with Crippen LogP contribution in [0.15, 0.2) is 18.2 Å². The Labute approximate surface area is 99.3 Å². The van der Waals surface area contributed by atoms with Gasteiger partial charge >= 0.3 is 6.18 Å². The monoisotopic (exact) mass is 260 g/mol. The number of aromatic amines is 1. The Morgan fingerprint density at radius 1 is 1.35 bits per heavy atom. The van der Waals surface area contributed by atoms with E-state index in [4.69, 9.17) is 17.0 Å². The van der Waals surface area contributed by atoms with Crippen LogP contribution in [0.4, 0.5) is 13.2 Å². The number of fused-ring (bicyclic) bond motifs is 1. The minimum atomic E-state index is -4.39. The minimum Gasteiger partial charge on any atom is -0.479 e. The van der Waals surface area contributed by atoms with Gasteiger partial charge in [-0.2, -0.15) is 13.2 Å². The summed E-state index contributed by atoms with van der Waals surface area (Å²) in [4.78, 5) is 6.66. The average molecular weight is 260 g/mol. The Hall–Kier alpha value is -1.63. The van der Waals surface area contributed by atoms with Crippen molar-refractivity contribution < 1.29 is 17.9 Å². The van der Waals surface area contributed by atoms with E-state index < -0.39 is 11.7 Å². The number of nitrogens with zero attached hydrogens (tertiary/aromatic N) is 1. The fourth-order valence-corrected chi connectivity index (χ4v) is 1.62. The highest BCUT2D eigenvalue weighted by atomic mass is 32.1. The molecular weight excluding hydrogens is 253 g/mol. The first kappa shape index (κ1) is 11.8. The molecule has 0 aliphatic rings. The summed E-state index contributed by atoms with van der Waals surface area (Å²) in [6.07, 6.45) is -4.39. The summed E-state index contributed by atoms with van der Waals surface area (Å²) in [7, 11) is 1.35. The summed E-state index contributed by atoms with van der Waals surface area (Å²) in [6, 6.07) is 3.21. The fourth-order valence-electron chi connectivity index (χ4n) is 1.38. The van der Waals surface area contributed by atoms with Gasteiger partial charge in [-0.1, -0.05) is 12.2 Å². The number of alkyl halides is 3. The van der Waals surface area contributed by atoms with Crippen LogP contribution in [0.5, 0.6) is 5.88 Å². The van der Waals surface area contributed by atoms with E-state index >= 15 is 0 Å². The van der Waals surface area contributed by atoms with Gasteiger partial charge < -0.3 is 9.72 Å². The van der Waals surface area contributed by atoms with Gasteiger partial charge in [0.15, 0.2) is 4.64 Å². The molecule has 0 spiro atoms. The van der Waals surface area contributed by atoms with E-state index in [1.807, 2.05) is 0 Å². The van der Waals surface area contributed by atoms with Crippen molar-refractivity contribution in [1.29, 1.82) is 0 Å². The number of halogens is 3. The molecule has 0 saturated heterocycles. The van der Waals surface area contributed by atoms with Gasteiger partial charge in [0.05, 0.1) is 23.7 Å². The summed E-state index contributed by atoms with van der Waals surface area (Å²) in [5.74, 6) is 0.104. The van der Waals surface area contributed by atoms with Crippen LogP contribution in [0.2, 0.25) is 0 Å². The Bertz CT molecular complexity index is 621. The zero-order valence-electron chi connectivity index (χ0n) is 8.63. The van der Waals surface area contributed by atoms with Gasteiger partial charge in [-0.15, -0.1) is 0 Å². The highest BCUT2D eigenvalue weighted by Crippen LogP contribution is 2.31. The smallest absolute Gasteiger partial charge is 0.416 e. The van der Waals surface area contributed by atoms with E-state index in [9.17, 15) is 13.2 Å². The lowest BCUT2D eigenvalue weighted by molar-refractivity contribution is -0.137. The number of hydrogen-bond acceptors (Lipinski definition) is 3. The Morgan fingerprint density at radius 3 is 2.65 bits per heavy atom. The lowest BCUT2D eigenvalue weighted by Crippen LogP contribution is -2.05. The maximum absolute atomic E-state index is 12.5. The van der Waals surface area contributed by atoms with Gasteiger partial charge in [0.25, 0.3) is 0 Å². The zero-order valence-corrected chi connectivity index (χ0v) is 9.45. The number of nitrogens with one attached hydrogen (secondary N) is 1. The molecule has 1 N–H and O–H groups in total. The van der Waals surface area contributed by atoms with E-state index in [0.29, 0.717) is 5.52 Å². The van der Waals surface area contributed by atoms with E-state index in [1.54, 1.807) is 0 Å². The van der Waals surface area contributed by atoms with Crippen LogP contribution in [-0.2, 0) is 6.18 Å². The van der Waals surface area contributed by atoms with Crippen molar-refractivity contribution >= 4 is 23.3 Å². The third kappa shape index (κ3) is 2.23. The molecule has 0 aliphatic heterocycles. The standard InChI is InChI=1S/C10H7F3N2OS/c1-16-8-9(17)15-6-3-2-5(10(11,12)13)4-7(6)14-8/h2-4H,1H3,(H,15,17). The topological polar surface area (TPSA) is 37.9 Å². The number of ether oxygens (including phenoxy) is 1. The van der Waals surface area contributed by atoms with E-state index in [-0.39, 0.29) is 16.0 Å². The predicted octanol–water partition coefficient (Wildman–Crippen LogP) is 3.32. The highest BCUT2D eigenvalue weighted by Gasteiger charge is 2.30. The van der Waals surface area contributed by atoms with Crippen molar-refractivity contribution in [2.45, 2.75) is 6.18 Å². The van der Waals surface area contributed by atoms with Gasteiger partial charge in [0.1, 0.15) is 0 Å². The summed E-state index contributed by atoms with van der Waals surface area (Å²) in [6.45, 7) is 0. The first-order valence-corrected chi connectivity index (χ1v) is 4.98. The maximum atomic E-state index is 12.5. The molecule has 0 bridgehead atoms. The van der Waals surface area contributed by atoms with Crippen LogP contribution in [0, 0.1) is 4.64 Å². The Kier molecular flexibility index (Phi) is 2.78. The van der Waals surface area contributed by atoms with Gasteiger partial charge in [-0.3, -0.25) is 0 Å². The molecule has 90 valence electrons. The van der Waals surface area contributed by atoms with Crippen molar-refractivity contribution in [1.82, 2.24) is 9.97 Å². The van der Waals surface area contributed by atoms with Gasteiger partial charge in [0.2, 0.25) is 5.88 Å². The number of hydrogen-bond donors (Lipinski definition) is 1. The molecule has 0 atom stereocenters. The first-order valence-electron chi connectivity index (χ1n) is 4.57. The van der Waals surface area contributed by atoms with Crippen molar-refractivity contribution in [2.24, 2.45) is 0 Å². The van der Waals surface area contributed by atoms with Crippen LogP contribution >= 0.6 is 12.2 Å². The Morgan fingerprint density at radius 2 is 2.06 bits per heavy atom. The predicted molar refractivity (Wildman–Crippen MR) is 58.5 cm³/mol. The summed E-state index contributed by atoms with van der Waals surface area (Å²) in [5.41, 5.74) is -0.167. The molecule has 0 saturated carbocycles. The van der Waals surface area contributed by atoms with Gasteiger partial charge in [-0.05, 0) is 18.2 Å². The maximum Gasteiger partial charge on any atom is 0.416 e. The van der Waals surface area contributed by atoms with Crippen LogP contribution < -0.4 is 4.74 Å². The second-order valence-corrected chi connectivity index (χ2v) is 3.71. The van der Waals surface area contributed by atoms with Crippen LogP contribution in [0.1, 0.15) is 5.56 Å². The molecule has 3 nitrogen and oxygen atoms in total. The molecule has 0 fully saturated rings. The molecule has 1 aromatic carbocycles. The lowest BCUT2D eigenvalue weighted by atomic mass is 10.2. The van der Waals surface area contributed by atoms with Crippen molar-refractivity contribution in [3.05, 3.63) is 28.4 Å². The van der Waals surface area contributed by atoms with Crippen molar-refractivity contribution in [3.8, 4) is 5.88 Å². The molecule has 0 unspecified atom stereocenters. The molecular formula is C10H7F3N2OS. The molecule has 1 aromatic heterocycles. The second-order valence-electron chi connectivity index (χ2n) is 3.30. The second kappa shape index (κ2) is 3.99. The average Bonchev–Trinajstić information content (AvgIpc) is 2.26. The summed E-state index contributed by atoms with van der Waals surface area (Å²) >= 11 is 4.92. The molecule has 2 aromatic rings. The Balaban J connectivity index is 2.69. The largest absolute Gasteiger partial charge is 0.479 e. The molecule has 0 amide bonds. The fraction of sp³-hybridized carbons (Fsp3) is 0.200.